The van der Waals surface area contributed by atoms with Crippen molar-refractivity contribution in [3.8, 4) is 11.1 Å². The SMILES string of the molecule is Cc1ncc(-c2ccc3c(c2)c(C(=O)CO)nn3CC(=O)N2[C@H](C(=O)Nc3nc(Br)ccc3C)C[C@@]3(C)C[C@@]23O)cn1. The molecule has 13 heteroatoms. The third-order valence-electron chi connectivity index (χ3n) is 8.27. The summed E-state index contributed by atoms with van der Waals surface area (Å²) in [5.74, 6) is -0.606. The van der Waals surface area contributed by atoms with Gasteiger partial charge in [-0.25, -0.2) is 15.0 Å². The third-order valence-corrected chi connectivity index (χ3v) is 8.71. The van der Waals surface area contributed by atoms with Crippen LogP contribution in [0.15, 0.2) is 47.3 Å². The Balaban J connectivity index is 1.33. The molecule has 1 aliphatic heterocycles. The van der Waals surface area contributed by atoms with Gasteiger partial charge in [-0.2, -0.15) is 5.10 Å². The fourth-order valence-electron chi connectivity index (χ4n) is 5.81. The summed E-state index contributed by atoms with van der Waals surface area (Å²) in [4.78, 5) is 54.0. The predicted molar refractivity (Wildman–Crippen MR) is 155 cm³/mol. The average molecular weight is 634 g/mol. The first-order valence-corrected chi connectivity index (χ1v) is 14.2. The van der Waals surface area contributed by atoms with Crippen LogP contribution in [0.1, 0.15) is 41.6 Å². The van der Waals surface area contributed by atoms with Gasteiger partial charge in [-0.15, -0.1) is 0 Å². The number of Topliss-reactive ketones (excluding diaryl/α,β-unsaturated/α-hetero) is 1. The van der Waals surface area contributed by atoms with Crippen molar-refractivity contribution in [1.82, 2.24) is 29.6 Å². The highest BCUT2D eigenvalue weighted by Crippen LogP contribution is 2.66. The number of pyridine rings is 1. The van der Waals surface area contributed by atoms with Gasteiger partial charge in [-0.05, 0) is 65.5 Å². The Morgan fingerprint density at radius 3 is 2.57 bits per heavy atom. The van der Waals surface area contributed by atoms with Crippen LogP contribution in [-0.4, -0.2) is 75.8 Å². The second-order valence-corrected chi connectivity index (χ2v) is 12.0. The van der Waals surface area contributed by atoms with Crippen LogP contribution < -0.4 is 5.32 Å². The maximum absolute atomic E-state index is 13.9. The van der Waals surface area contributed by atoms with E-state index in [9.17, 15) is 24.6 Å². The summed E-state index contributed by atoms with van der Waals surface area (Å²) in [7, 11) is 0. The minimum Gasteiger partial charge on any atom is -0.388 e. The van der Waals surface area contributed by atoms with E-state index in [0.29, 0.717) is 33.6 Å². The normalized spacial score (nSPS) is 22.7. The highest BCUT2D eigenvalue weighted by atomic mass is 79.9. The molecule has 6 rings (SSSR count). The molecule has 3 aromatic heterocycles. The number of piperidine rings is 1. The van der Waals surface area contributed by atoms with Crippen LogP contribution in [0.25, 0.3) is 22.0 Å². The second kappa shape index (κ2) is 10.0. The van der Waals surface area contributed by atoms with Crippen LogP contribution in [0, 0.1) is 19.3 Å². The van der Waals surface area contributed by atoms with Crippen molar-refractivity contribution in [2.75, 3.05) is 11.9 Å². The Bertz CT molecular complexity index is 1770. The number of nitrogens with zero attached hydrogens (tertiary/aromatic N) is 6. The molecule has 0 unspecified atom stereocenters. The van der Waals surface area contributed by atoms with Gasteiger partial charge in [0.1, 0.15) is 46.9 Å². The number of aliphatic hydroxyl groups excluding tert-OH is 1. The smallest absolute Gasteiger partial charge is 0.248 e. The summed E-state index contributed by atoms with van der Waals surface area (Å²) in [6, 6.07) is 7.90. The molecular formula is C29H28BrN7O5. The minimum atomic E-state index is -1.48. The maximum Gasteiger partial charge on any atom is 0.248 e. The number of aliphatic hydroxyl groups is 2. The van der Waals surface area contributed by atoms with Crippen LogP contribution in [-0.2, 0) is 16.1 Å². The van der Waals surface area contributed by atoms with Crippen molar-refractivity contribution in [1.29, 1.82) is 0 Å². The molecule has 0 radical (unpaired) electrons. The lowest BCUT2D eigenvalue weighted by atomic mass is 10.0. The highest BCUT2D eigenvalue weighted by molar-refractivity contribution is 9.10. The molecule has 1 aliphatic carbocycles. The lowest BCUT2D eigenvalue weighted by Crippen LogP contribution is -2.51. The number of rotatable bonds is 7. The molecule has 1 aromatic carbocycles. The van der Waals surface area contributed by atoms with Gasteiger partial charge in [0.05, 0.1) is 5.52 Å². The van der Waals surface area contributed by atoms with E-state index in [4.69, 9.17) is 0 Å². The number of fused-ring (bicyclic) bond motifs is 2. The molecule has 12 nitrogen and oxygen atoms in total. The van der Waals surface area contributed by atoms with Gasteiger partial charge >= 0.3 is 0 Å². The average Bonchev–Trinajstić information content (AvgIpc) is 3.21. The molecule has 1 saturated carbocycles. The van der Waals surface area contributed by atoms with Crippen molar-refractivity contribution in [3.05, 3.63) is 64.4 Å². The number of anilines is 1. The van der Waals surface area contributed by atoms with E-state index >= 15 is 0 Å². The first-order chi connectivity index (χ1) is 19.9. The van der Waals surface area contributed by atoms with Crippen LogP contribution >= 0.6 is 15.9 Å². The standard InChI is InChI=1S/C29H28BrN7O5/c1-15-4-7-23(30)33-26(15)34-27(41)21-9-28(3)14-29(28,42)37(21)24(40)12-36-20-6-5-17(18-10-31-16(2)32-11-18)8-19(20)25(35-36)22(39)13-38/h4-8,10-11,21,38,42H,9,12-14H2,1-3H3,(H,33,34,41)/t21-,28-,29-/m0/s1. The van der Waals surface area contributed by atoms with Gasteiger partial charge in [0.15, 0.2) is 0 Å². The Labute approximate surface area is 248 Å². The molecule has 4 aromatic rings. The first-order valence-electron chi connectivity index (χ1n) is 13.4. The summed E-state index contributed by atoms with van der Waals surface area (Å²) in [6.45, 7) is 4.34. The molecule has 3 N–H and O–H groups in total. The number of carbonyl (C=O) groups excluding carboxylic acids is 3. The van der Waals surface area contributed by atoms with Crippen molar-refractivity contribution >= 4 is 50.2 Å². The van der Waals surface area contributed by atoms with Gasteiger partial charge < -0.3 is 20.4 Å². The lowest BCUT2D eigenvalue weighted by Gasteiger charge is -2.30. The number of hydrogen-bond donors (Lipinski definition) is 3. The zero-order valence-electron chi connectivity index (χ0n) is 23.1. The highest BCUT2D eigenvalue weighted by Gasteiger charge is 2.75. The number of likely N-dealkylation sites (tertiary alicyclic amines) is 1. The largest absolute Gasteiger partial charge is 0.388 e. The van der Waals surface area contributed by atoms with E-state index in [1.807, 2.05) is 19.9 Å². The molecule has 3 atom stereocenters. The number of ketones is 1. The van der Waals surface area contributed by atoms with Crippen molar-refractivity contribution in [3.63, 3.8) is 0 Å². The van der Waals surface area contributed by atoms with E-state index in [1.54, 1.807) is 43.6 Å². The van der Waals surface area contributed by atoms with Gasteiger partial charge in [0, 0.05) is 35.2 Å². The van der Waals surface area contributed by atoms with Crippen LogP contribution in [0.4, 0.5) is 5.82 Å². The number of amides is 2. The second-order valence-electron chi connectivity index (χ2n) is 11.2. The van der Waals surface area contributed by atoms with Crippen LogP contribution in [0.2, 0.25) is 0 Å². The summed E-state index contributed by atoms with van der Waals surface area (Å²) in [6.07, 6.45) is 3.97. The number of aryl methyl sites for hydroxylation is 2. The predicted octanol–water partition coefficient (Wildman–Crippen LogP) is 2.78. The topological polar surface area (TPSA) is 163 Å². The number of nitrogens with one attached hydrogen (secondary N) is 1. The molecular weight excluding hydrogens is 606 g/mol. The van der Waals surface area contributed by atoms with E-state index in [2.05, 4.69) is 41.3 Å². The first kappa shape index (κ1) is 28.1. The molecule has 2 fully saturated rings. The number of hydrogen-bond acceptors (Lipinski definition) is 9. The molecule has 0 bridgehead atoms. The summed E-state index contributed by atoms with van der Waals surface area (Å²) >= 11 is 3.31. The fourth-order valence-corrected chi connectivity index (χ4v) is 6.12. The minimum absolute atomic E-state index is 0.0112. The van der Waals surface area contributed by atoms with Crippen molar-refractivity contribution < 1.29 is 24.6 Å². The van der Waals surface area contributed by atoms with E-state index in [0.717, 1.165) is 16.7 Å². The van der Waals surface area contributed by atoms with Gasteiger partial charge in [-0.1, -0.05) is 19.1 Å². The zero-order chi connectivity index (χ0) is 30.0. The maximum atomic E-state index is 13.9. The van der Waals surface area contributed by atoms with Gasteiger partial charge in [0.25, 0.3) is 0 Å². The fraction of sp³-hybridized carbons (Fsp3) is 0.345. The molecule has 42 heavy (non-hydrogen) atoms. The zero-order valence-corrected chi connectivity index (χ0v) is 24.7. The molecule has 2 amide bonds. The van der Waals surface area contributed by atoms with E-state index in [-0.39, 0.29) is 18.7 Å². The summed E-state index contributed by atoms with van der Waals surface area (Å²) < 4.78 is 1.92. The molecule has 216 valence electrons. The van der Waals surface area contributed by atoms with Crippen molar-refractivity contribution in [2.45, 2.75) is 51.9 Å². The third kappa shape index (κ3) is 4.57. The Hall–Kier alpha value is -4.07. The van der Waals surface area contributed by atoms with Crippen LogP contribution in [0.3, 0.4) is 0 Å². The Morgan fingerprint density at radius 1 is 1.12 bits per heavy atom. The monoisotopic (exact) mass is 633 g/mol. The lowest BCUT2D eigenvalue weighted by molar-refractivity contribution is -0.151. The number of carbonyl (C=O) groups is 3. The molecule has 0 spiro atoms. The molecule has 4 heterocycles. The van der Waals surface area contributed by atoms with Gasteiger partial charge in [0.2, 0.25) is 17.6 Å². The van der Waals surface area contributed by atoms with E-state index in [1.165, 1.54) is 9.58 Å². The van der Waals surface area contributed by atoms with Crippen LogP contribution in [0.5, 0.6) is 0 Å². The van der Waals surface area contributed by atoms with E-state index < -0.39 is 41.4 Å². The summed E-state index contributed by atoms with van der Waals surface area (Å²) in [5, 5.41) is 28.7. The Morgan fingerprint density at radius 2 is 1.86 bits per heavy atom. The summed E-state index contributed by atoms with van der Waals surface area (Å²) in [5.41, 5.74) is 0.602. The number of halogens is 1. The Kier molecular flexibility index (Phi) is 6.71. The molecule has 2 aliphatic rings. The molecule has 1 saturated heterocycles. The number of aromatic nitrogens is 5. The quantitative estimate of drug-likeness (QED) is 0.205. The van der Waals surface area contributed by atoms with Gasteiger partial charge in [-0.3, -0.25) is 19.1 Å². The van der Waals surface area contributed by atoms with Crippen molar-refractivity contribution in [2.24, 2.45) is 5.41 Å². The number of benzene rings is 1.